The highest BCUT2D eigenvalue weighted by Gasteiger charge is 2.51. The van der Waals surface area contributed by atoms with Crippen LogP contribution in [0.1, 0.15) is 18.2 Å². The minimum absolute atomic E-state index is 0.293. The van der Waals surface area contributed by atoms with Crippen molar-refractivity contribution in [1.82, 2.24) is 20.0 Å². The molecule has 4 rings (SSSR count). The van der Waals surface area contributed by atoms with Gasteiger partial charge in [-0.3, -0.25) is 14.5 Å². The number of nitrogens with one attached hydrogen (secondary N) is 2. The minimum atomic E-state index is -1.35. The lowest BCUT2D eigenvalue weighted by molar-refractivity contribution is -0.134. The van der Waals surface area contributed by atoms with E-state index in [0.717, 1.165) is 10.5 Å². The van der Waals surface area contributed by atoms with Crippen LogP contribution < -0.4 is 10.6 Å². The number of halogens is 1. The third-order valence-corrected chi connectivity index (χ3v) is 5.22. The van der Waals surface area contributed by atoms with Crippen molar-refractivity contribution >= 4 is 35.3 Å². The van der Waals surface area contributed by atoms with Crippen molar-refractivity contribution in [3.8, 4) is 0 Å². The van der Waals surface area contributed by atoms with Crippen LogP contribution in [0.2, 0.25) is 5.02 Å². The molecular weight excluding hydrogens is 410 g/mol. The van der Waals surface area contributed by atoms with Crippen LogP contribution in [0.25, 0.3) is 0 Å². The number of urea groups is 1. The number of imide groups is 1. The van der Waals surface area contributed by atoms with Crippen LogP contribution in [0.3, 0.4) is 0 Å². The average molecular weight is 428 g/mol. The van der Waals surface area contributed by atoms with Crippen molar-refractivity contribution in [1.29, 1.82) is 0 Å². The summed E-state index contributed by atoms with van der Waals surface area (Å²) in [5.74, 6) is -0.396. The zero-order chi connectivity index (χ0) is 21.3. The molecule has 2 aromatic heterocycles. The molecule has 0 bridgehead atoms. The van der Waals surface area contributed by atoms with Gasteiger partial charge in [0.05, 0.1) is 19.0 Å². The maximum atomic E-state index is 12.8. The fourth-order valence-corrected chi connectivity index (χ4v) is 3.44. The molecule has 10 heteroatoms. The van der Waals surface area contributed by atoms with Crippen LogP contribution in [0.15, 0.2) is 59.3 Å². The molecule has 0 aliphatic carbocycles. The zero-order valence-electron chi connectivity index (χ0n) is 16.0. The number of hydrogen-bond acceptors (Lipinski definition) is 5. The SMILES string of the molecule is CC1(c2ccco2)NC(=O)N(CC(=O)Nc2ccnn2Cc2ccccc2Cl)C1=O. The average Bonchev–Trinajstić information content (AvgIpc) is 3.43. The number of hydrogen-bond donors (Lipinski definition) is 2. The van der Waals surface area contributed by atoms with Crippen molar-refractivity contribution in [3.05, 3.63) is 71.3 Å². The highest BCUT2D eigenvalue weighted by atomic mass is 35.5. The van der Waals surface area contributed by atoms with Gasteiger partial charge in [0.2, 0.25) is 5.91 Å². The van der Waals surface area contributed by atoms with Gasteiger partial charge in [0.15, 0.2) is 5.54 Å². The Kier molecular flexibility index (Phi) is 5.04. The van der Waals surface area contributed by atoms with Crippen LogP contribution in [-0.4, -0.2) is 39.1 Å². The zero-order valence-corrected chi connectivity index (χ0v) is 16.7. The van der Waals surface area contributed by atoms with Crippen LogP contribution in [-0.2, 0) is 21.7 Å². The monoisotopic (exact) mass is 427 g/mol. The van der Waals surface area contributed by atoms with Crippen molar-refractivity contribution in [3.63, 3.8) is 0 Å². The van der Waals surface area contributed by atoms with E-state index in [1.54, 1.807) is 28.9 Å². The van der Waals surface area contributed by atoms with Gasteiger partial charge in [-0.25, -0.2) is 9.48 Å². The number of nitrogens with zero attached hydrogens (tertiary/aromatic N) is 3. The summed E-state index contributed by atoms with van der Waals surface area (Å²) < 4.78 is 6.84. The van der Waals surface area contributed by atoms with Crippen LogP contribution in [0, 0.1) is 0 Å². The van der Waals surface area contributed by atoms with E-state index in [1.807, 2.05) is 18.2 Å². The normalized spacial score (nSPS) is 18.5. The molecule has 1 aromatic carbocycles. The molecule has 3 heterocycles. The van der Waals surface area contributed by atoms with Crippen molar-refractivity contribution < 1.29 is 18.8 Å². The van der Waals surface area contributed by atoms with E-state index < -0.39 is 29.9 Å². The largest absolute Gasteiger partial charge is 0.466 e. The molecule has 154 valence electrons. The van der Waals surface area contributed by atoms with Gasteiger partial charge in [-0.2, -0.15) is 5.10 Å². The van der Waals surface area contributed by atoms with E-state index in [4.69, 9.17) is 16.0 Å². The second kappa shape index (κ2) is 7.68. The number of aromatic nitrogens is 2. The standard InChI is InChI=1S/C20H18ClN5O4/c1-20(15-7-4-10-30-15)18(28)25(19(29)24-20)12-17(27)23-16-8-9-22-26(16)11-13-5-2-3-6-14(13)21/h2-10H,11-12H2,1H3,(H,23,27)(H,24,29). The van der Waals surface area contributed by atoms with Crippen LogP contribution in [0.5, 0.6) is 0 Å². The molecule has 1 atom stereocenters. The number of carbonyl (C=O) groups excluding carboxylic acids is 3. The first-order valence-electron chi connectivity index (χ1n) is 9.11. The van der Waals surface area contributed by atoms with E-state index in [2.05, 4.69) is 15.7 Å². The molecule has 1 unspecified atom stereocenters. The fourth-order valence-electron chi connectivity index (χ4n) is 3.25. The summed E-state index contributed by atoms with van der Waals surface area (Å²) in [4.78, 5) is 38.5. The Bertz CT molecular complexity index is 1110. The van der Waals surface area contributed by atoms with Gasteiger partial charge in [0.1, 0.15) is 18.1 Å². The molecule has 1 aliphatic heterocycles. The van der Waals surface area contributed by atoms with Crippen molar-refractivity contribution in [2.24, 2.45) is 0 Å². The van der Waals surface area contributed by atoms with Gasteiger partial charge in [-0.15, -0.1) is 0 Å². The molecule has 0 radical (unpaired) electrons. The van der Waals surface area contributed by atoms with Gasteiger partial charge < -0.3 is 15.1 Å². The summed E-state index contributed by atoms with van der Waals surface area (Å²) in [5, 5.41) is 10.0. The Labute approximate surface area is 176 Å². The summed E-state index contributed by atoms with van der Waals surface area (Å²) in [5.41, 5.74) is -0.520. The molecule has 9 nitrogen and oxygen atoms in total. The molecule has 0 saturated carbocycles. The second-order valence-electron chi connectivity index (χ2n) is 6.94. The third kappa shape index (κ3) is 3.55. The summed E-state index contributed by atoms with van der Waals surface area (Å²) in [7, 11) is 0. The first kappa shape index (κ1) is 19.7. The molecule has 1 saturated heterocycles. The number of benzene rings is 1. The predicted molar refractivity (Wildman–Crippen MR) is 108 cm³/mol. The number of furan rings is 1. The predicted octanol–water partition coefficient (Wildman–Crippen LogP) is 2.58. The molecule has 1 aliphatic rings. The van der Waals surface area contributed by atoms with Crippen LogP contribution in [0.4, 0.5) is 10.6 Å². The van der Waals surface area contributed by atoms with Gasteiger partial charge in [-0.05, 0) is 30.7 Å². The number of amides is 4. The van der Waals surface area contributed by atoms with Gasteiger partial charge in [0.25, 0.3) is 5.91 Å². The number of rotatable bonds is 6. The quantitative estimate of drug-likeness (QED) is 0.587. The fraction of sp³-hybridized carbons (Fsp3) is 0.200. The lowest BCUT2D eigenvalue weighted by atomic mass is 9.99. The smallest absolute Gasteiger partial charge is 0.325 e. The Hall–Kier alpha value is -3.59. The molecule has 30 heavy (non-hydrogen) atoms. The van der Waals surface area contributed by atoms with Crippen LogP contribution >= 0.6 is 11.6 Å². The highest BCUT2D eigenvalue weighted by Crippen LogP contribution is 2.29. The minimum Gasteiger partial charge on any atom is -0.466 e. The molecule has 3 aromatic rings. The van der Waals surface area contributed by atoms with Gasteiger partial charge >= 0.3 is 6.03 Å². The molecule has 2 N–H and O–H groups in total. The summed E-state index contributed by atoms with van der Waals surface area (Å²) >= 11 is 6.19. The summed E-state index contributed by atoms with van der Waals surface area (Å²) in [6.07, 6.45) is 2.95. The van der Waals surface area contributed by atoms with E-state index in [0.29, 0.717) is 23.1 Å². The van der Waals surface area contributed by atoms with E-state index >= 15 is 0 Å². The lowest BCUT2D eigenvalue weighted by Crippen LogP contribution is -2.42. The summed E-state index contributed by atoms with van der Waals surface area (Å²) in [6.45, 7) is 1.43. The third-order valence-electron chi connectivity index (χ3n) is 4.85. The Balaban J connectivity index is 1.45. The molecule has 4 amide bonds. The molecular formula is C20H18ClN5O4. The van der Waals surface area contributed by atoms with Crippen molar-refractivity contribution in [2.45, 2.75) is 19.0 Å². The first-order valence-corrected chi connectivity index (χ1v) is 9.49. The maximum Gasteiger partial charge on any atom is 0.325 e. The number of carbonyl (C=O) groups is 3. The molecule has 1 fully saturated rings. The molecule has 0 spiro atoms. The van der Waals surface area contributed by atoms with Gasteiger partial charge in [-0.1, -0.05) is 29.8 Å². The van der Waals surface area contributed by atoms with E-state index in [-0.39, 0.29) is 0 Å². The Morgan fingerprint density at radius 3 is 2.77 bits per heavy atom. The van der Waals surface area contributed by atoms with Crippen molar-refractivity contribution in [2.75, 3.05) is 11.9 Å². The van der Waals surface area contributed by atoms with E-state index in [9.17, 15) is 14.4 Å². The first-order chi connectivity index (χ1) is 14.4. The Morgan fingerprint density at radius 2 is 2.03 bits per heavy atom. The number of anilines is 1. The summed E-state index contributed by atoms with van der Waals surface area (Å²) in [6, 6.07) is 11.5. The second-order valence-corrected chi connectivity index (χ2v) is 7.34. The van der Waals surface area contributed by atoms with E-state index in [1.165, 1.54) is 19.4 Å². The highest BCUT2D eigenvalue weighted by molar-refractivity contribution is 6.31. The lowest BCUT2D eigenvalue weighted by Gasteiger charge is -2.19. The maximum absolute atomic E-state index is 12.8. The Morgan fingerprint density at radius 1 is 1.23 bits per heavy atom. The topological polar surface area (TPSA) is 109 Å². The van der Waals surface area contributed by atoms with Gasteiger partial charge in [0, 0.05) is 11.1 Å².